The second-order valence-electron chi connectivity index (χ2n) is 12.0. The van der Waals surface area contributed by atoms with Crippen molar-refractivity contribution >= 4 is 17.6 Å². The van der Waals surface area contributed by atoms with Crippen molar-refractivity contribution in [3.8, 4) is 5.75 Å². The first-order valence-corrected chi connectivity index (χ1v) is 14.7. The number of aromatic nitrogens is 1. The zero-order chi connectivity index (χ0) is 30.2. The molecule has 2 saturated heterocycles. The molecule has 3 heterocycles. The summed E-state index contributed by atoms with van der Waals surface area (Å²) in [6.45, 7) is 3.95. The topological polar surface area (TPSA) is 86.2 Å². The van der Waals surface area contributed by atoms with Crippen LogP contribution in [0.25, 0.3) is 0 Å². The normalized spacial score (nSPS) is 19.7. The average Bonchev–Trinajstić information content (AvgIpc) is 3.79. The number of anilines is 1. The van der Waals surface area contributed by atoms with E-state index in [4.69, 9.17) is 9.72 Å². The van der Waals surface area contributed by atoms with Crippen LogP contribution in [0, 0.1) is 11.8 Å². The summed E-state index contributed by atoms with van der Waals surface area (Å²) >= 11 is 0. The van der Waals surface area contributed by atoms with Gasteiger partial charge in [0, 0.05) is 51.8 Å². The SMILES string of the molecule is CCOc1cccc([C@@](O)(C(=O)N2CCC(CC3CN(c4ccc(C(=O)N(C)C)c(C5CC5)n4)C3)CC2)C(F)(F)F)c1. The van der Waals surface area contributed by atoms with Crippen molar-refractivity contribution in [1.29, 1.82) is 0 Å². The highest BCUT2D eigenvalue weighted by Gasteiger charge is 2.62. The maximum Gasteiger partial charge on any atom is 0.430 e. The smallest absolute Gasteiger partial charge is 0.430 e. The van der Waals surface area contributed by atoms with Crippen LogP contribution in [0.4, 0.5) is 19.0 Å². The Morgan fingerprint density at radius 1 is 1.05 bits per heavy atom. The molecule has 0 unspecified atom stereocenters. The van der Waals surface area contributed by atoms with Gasteiger partial charge in [0.25, 0.3) is 17.4 Å². The number of carbonyl (C=O) groups excluding carboxylic acids is 2. The van der Waals surface area contributed by atoms with Crippen LogP contribution in [-0.4, -0.2) is 84.8 Å². The summed E-state index contributed by atoms with van der Waals surface area (Å²) in [5.41, 5.74) is -2.63. The van der Waals surface area contributed by atoms with E-state index in [1.807, 2.05) is 12.1 Å². The lowest BCUT2D eigenvalue weighted by atomic mass is 9.83. The number of hydrogen-bond acceptors (Lipinski definition) is 6. The van der Waals surface area contributed by atoms with Gasteiger partial charge in [-0.2, -0.15) is 13.2 Å². The van der Waals surface area contributed by atoms with E-state index in [0.717, 1.165) is 60.9 Å². The fourth-order valence-electron chi connectivity index (χ4n) is 6.09. The second kappa shape index (κ2) is 11.7. The lowest BCUT2D eigenvalue weighted by molar-refractivity contribution is -0.262. The Bertz CT molecular complexity index is 1300. The van der Waals surface area contributed by atoms with Gasteiger partial charge >= 0.3 is 6.18 Å². The Morgan fingerprint density at radius 2 is 1.74 bits per heavy atom. The molecule has 1 aromatic heterocycles. The van der Waals surface area contributed by atoms with Crippen LogP contribution in [0.15, 0.2) is 36.4 Å². The van der Waals surface area contributed by atoms with Gasteiger partial charge in [-0.05, 0) is 75.1 Å². The maximum atomic E-state index is 14.2. The lowest BCUT2D eigenvalue weighted by Crippen LogP contribution is -2.57. The number of nitrogens with zero attached hydrogens (tertiary/aromatic N) is 4. The first-order chi connectivity index (χ1) is 19.9. The van der Waals surface area contributed by atoms with Gasteiger partial charge in [0.2, 0.25) is 0 Å². The molecular formula is C31H39F3N4O4. The van der Waals surface area contributed by atoms with Crippen molar-refractivity contribution in [3.63, 3.8) is 0 Å². The molecule has 3 fully saturated rings. The van der Waals surface area contributed by atoms with Gasteiger partial charge < -0.3 is 24.5 Å². The summed E-state index contributed by atoms with van der Waals surface area (Å²) in [6, 6.07) is 8.82. The first kappa shape index (κ1) is 30.1. The number of hydrogen-bond donors (Lipinski definition) is 1. The summed E-state index contributed by atoms with van der Waals surface area (Å²) in [7, 11) is 3.48. The summed E-state index contributed by atoms with van der Waals surface area (Å²) in [6.07, 6.45) is -0.999. The van der Waals surface area contributed by atoms with Gasteiger partial charge in [-0.15, -0.1) is 0 Å². The molecule has 11 heteroatoms. The fraction of sp³-hybridized carbons (Fsp3) is 0.581. The fourth-order valence-corrected chi connectivity index (χ4v) is 6.09. The molecule has 2 aliphatic heterocycles. The highest BCUT2D eigenvalue weighted by Crippen LogP contribution is 2.44. The van der Waals surface area contributed by atoms with Crippen molar-refractivity contribution in [3.05, 3.63) is 53.2 Å². The van der Waals surface area contributed by atoms with Crippen LogP contribution < -0.4 is 9.64 Å². The highest BCUT2D eigenvalue weighted by molar-refractivity contribution is 5.95. The summed E-state index contributed by atoms with van der Waals surface area (Å²) in [5, 5.41) is 10.9. The van der Waals surface area contributed by atoms with E-state index in [2.05, 4.69) is 4.90 Å². The van der Waals surface area contributed by atoms with E-state index in [1.54, 1.807) is 25.9 Å². The van der Waals surface area contributed by atoms with Crippen molar-refractivity contribution in [1.82, 2.24) is 14.8 Å². The number of pyridine rings is 1. The van der Waals surface area contributed by atoms with Crippen molar-refractivity contribution < 1.29 is 32.6 Å². The molecule has 0 bridgehead atoms. The third-order valence-electron chi connectivity index (χ3n) is 8.64. The van der Waals surface area contributed by atoms with E-state index in [-0.39, 0.29) is 37.3 Å². The van der Waals surface area contributed by atoms with E-state index >= 15 is 0 Å². The molecule has 2 aromatic rings. The second-order valence-corrected chi connectivity index (χ2v) is 12.0. The van der Waals surface area contributed by atoms with E-state index < -0.39 is 23.2 Å². The average molecular weight is 589 g/mol. The molecular weight excluding hydrogens is 549 g/mol. The Labute approximate surface area is 244 Å². The van der Waals surface area contributed by atoms with Gasteiger partial charge in [0.1, 0.15) is 11.6 Å². The number of aliphatic hydroxyl groups is 1. The third kappa shape index (κ3) is 5.93. The van der Waals surface area contributed by atoms with E-state index in [1.165, 1.54) is 12.1 Å². The first-order valence-electron chi connectivity index (χ1n) is 14.7. The zero-order valence-electron chi connectivity index (χ0n) is 24.4. The van der Waals surface area contributed by atoms with E-state index in [0.29, 0.717) is 30.2 Å². The van der Waals surface area contributed by atoms with Gasteiger partial charge in [0.15, 0.2) is 0 Å². The van der Waals surface area contributed by atoms with Crippen molar-refractivity contribution in [2.24, 2.45) is 11.8 Å². The Hall–Kier alpha value is -3.34. The summed E-state index contributed by atoms with van der Waals surface area (Å²) < 4.78 is 47.9. The monoisotopic (exact) mass is 588 g/mol. The molecule has 228 valence electrons. The Balaban J connectivity index is 1.16. The number of ether oxygens (including phenoxy) is 1. The Morgan fingerprint density at radius 3 is 2.33 bits per heavy atom. The number of amides is 2. The number of likely N-dealkylation sites (tertiary alicyclic amines) is 1. The van der Waals surface area contributed by atoms with Gasteiger partial charge in [0.05, 0.1) is 17.9 Å². The molecule has 2 amide bonds. The highest BCUT2D eigenvalue weighted by atomic mass is 19.4. The minimum atomic E-state index is -5.19. The minimum absolute atomic E-state index is 0.0324. The number of piperidine rings is 1. The Kier molecular flexibility index (Phi) is 8.42. The molecule has 3 aliphatic rings. The van der Waals surface area contributed by atoms with Crippen LogP contribution in [0.3, 0.4) is 0 Å². The molecule has 0 radical (unpaired) electrons. The number of halogens is 3. The zero-order valence-corrected chi connectivity index (χ0v) is 24.4. The number of rotatable bonds is 9. The molecule has 1 aromatic carbocycles. The number of carbonyl (C=O) groups is 2. The summed E-state index contributed by atoms with van der Waals surface area (Å²) in [4.78, 5) is 35.6. The molecule has 0 spiro atoms. The predicted molar refractivity (Wildman–Crippen MR) is 151 cm³/mol. The maximum absolute atomic E-state index is 14.2. The third-order valence-corrected chi connectivity index (χ3v) is 8.64. The van der Waals surface area contributed by atoms with Crippen LogP contribution in [0.5, 0.6) is 5.75 Å². The van der Waals surface area contributed by atoms with Gasteiger partial charge in [-0.1, -0.05) is 12.1 Å². The molecule has 42 heavy (non-hydrogen) atoms. The number of alkyl halides is 3. The van der Waals surface area contributed by atoms with Gasteiger partial charge in [-0.3, -0.25) is 9.59 Å². The molecule has 5 rings (SSSR count). The van der Waals surface area contributed by atoms with Crippen LogP contribution in [0.1, 0.15) is 66.6 Å². The molecule has 8 nitrogen and oxygen atoms in total. The minimum Gasteiger partial charge on any atom is -0.494 e. The quantitative estimate of drug-likeness (QED) is 0.462. The summed E-state index contributed by atoms with van der Waals surface area (Å²) in [5.74, 6) is 0.730. The molecule has 1 atom stereocenters. The van der Waals surface area contributed by atoms with Gasteiger partial charge in [-0.25, -0.2) is 4.98 Å². The largest absolute Gasteiger partial charge is 0.494 e. The molecule has 1 saturated carbocycles. The standard InChI is InChI=1S/C31H39F3N4O4/c1-4-42-24-7-5-6-23(17-24)30(41,31(32,33)34)29(40)37-14-12-20(13-15-37)16-21-18-38(19-21)26-11-10-25(28(39)36(2)3)27(35-26)22-8-9-22/h5-7,10-11,17,20-22,41H,4,8-9,12-16,18-19H2,1-3H3/t30-/m1/s1. The predicted octanol–water partition coefficient (Wildman–Crippen LogP) is 4.57. The number of benzene rings is 1. The van der Waals surface area contributed by atoms with Crippen LogP contribution >= 0.6 is 0 Å². The van der Waals surface area contributed by atoms with E-state index in [9.17, 15) is 27.9 Å². The van der Waals surface area contributed by atoms with Crippen molar-refractivity contribution in [2.75, 3.05) is 51.8 Å². The molecule has 1 N–H and O–H groups in total. The lowest BCUT2D eigenvalue weighted by Gasteiger charge is -2.44. The molecule has 1 aliphatic carbocycles. The van der Waals surface area contributed by atoms with Crippen molar-refractivity contribution in [2.45, 2.75) is 56.7 Å². The van der Waals surface area contributed by atoms with Crippen LogP contribution in [0.2, 0.25) is 0 Å². The van der Waals surface area contributed by atoms with Crippen LogP contribution in [-0.2, 0) is 10.4 Å².